The minimum absolute atomic E-state index is 0.525. The van der Waals surface area contributed by atoms with Crippen LogP contribution in [0.3, 0.4) is 0 Å². The molecule has 0 saturated heterocycles. The molecule has 0 saturated carbocycles. The number of halogens is 2. The van der Waals surface area contributed by atoms with Gasteiger partial charge in [-0.15, -0.1) is 0 Å². The molecular weight excluding hydrogens is 480 g/mol. The molecule has 0 radical (unpaired) electrons. The molecule has 0 amide bonds. The smallest absolute Gasteiger partial charge is 0.208 e. The molecule has 3 rings (SSSR count). The molecule has 0 fully saturated rings. The number of rotatable bonds is 6. The molecular formula is C20H18Br2O5. The van der Waals surface area contributed by atoms with Crippen molar-refractivity contribution in [2.45, 2.75) is 0 Å². The highest BCUT2D eigenvalue weighted by atomic mass is 79.9. The van der Waals surface area contributed by atoms with Crippen LogP contribution in [0.4, 0.5) is 0 Å². The Bertz CT molecular complexity index is 889. The van der Waals surface area contributed by atoms with Crippen molar-refractivity contribution in [1.29, 1.82) is 0 Å². The van der Waals surface area contributed by atoms with E-state index >= 15 is 0 Å². The van der Waals surface area contributed by atoms with E-state index in [9.17, 15) is 0 Å². The lowest BCUT2D eigenvalue weighted by Gasteiger charge is -2.07. The van der Waals surface area contributed by atoms with E-state index in [-0.39, 0.29) is 0 Å². The van der Waals surface area contributed by atoms with E-state index in [4.69, 9.17) is 23.4 Å². The van der Waals surface area contributed by atoms with Gasteiger partial charge in [0.15, 0.2) is 11.5 Å². The second-order valence-corrected chi connectivity index (χ2v) is 7.23. The van der Waals surface area contributed by atoms with E-state index in [1.54, 1.807) is 28.4 Å². The topological polar surface area (TPSA) is 50.1 Å². The van der Waals surface area contributed by atoms with Crippen molar-refractivity contribution in [2.75, 3.05) is 28.4 Å². The lowest BCUT2D eigenvalue weighted by atomic mass is 10.1. The number of hydrogen-bond acceptors (Lipinski definition) is 5. The maximum absolute atomic E-state index is 6.18. The van der Waals surface area contributed by atoms with Gasteiger partial charge < -0.3 is 23.4 Å². The minimum atomic E-state index is 0.525. The molecule has 0 atom stereocenters. The molecule has 142 valence electrons. The number of furan rings is 1. The van der Waals surface area contributed by atoms with Gasteiger partial charge >= 0.3 is 0 Å². The van der Waals surface area contributed by atoms with Crippen LogP contribution < -0.4 is 18.9 Å². The van der Waals surface area contributed by atoms with Crippen molar-refractivity contribution in [1.82, 2.24) is 0 Å². The fraction of sp³-hybridized carbons (Fsp3) is 0.200. The van der Waals surface area contributed by atoms with Crippen LogP contribution in [-0.4, -0.2) is 28.4 Å². The average molecular weight is 498 g/mol. The van der Waals surface area contributed by atoms with Crippen molar-refractivity contribution in [3.63, 3.8) is 0 Å². The summed E-state index contributed by atoms with van der Waals surface area (Å²) in [4.78, 5) is 0. The van der Waals surface area contributed by atoms with Gasteiger partial charge in [-0.2, -0.15) is 0 Å². The molecule has 0 aliphatic rings. The Balaban J connectivity index is 2.17. The summed E-state index contributed by atoms with van der Waals surface area (Å²) in [7, 11) is 6.41. The van der Waals surface area contributed by atoms with Gasteiger partial charge in [0.2, 0.25) is 11.5 Å². The maximum Gasteiger partial charge on any atom is 0.208 e. The zero-order chi connectivity index (χ0) is 19.6. The van der Waals surface area contributed by atoms with Gasteiger partial charge in [0.25, 0.3) is 0 Å². The molecule has 0 unspecified atom stereocenters. The van der Waals surface area contributed by atoms with Crippen LogP contribution in [0.25, 0.3) is 22.6 Å². The van der Waals surface area contributed by atoms with Crippen molar-refractivity contribution >= 4 is 31.9 Å². The predicted octanol–water partition coefficient (Wildman–Crippen LogP) is 6.17. The molecule has 1 heterocycles. The molecule has 0 aliphatic heterocycles. The standard InChI is InChI=1S/C20H18Br2O5/c1-23-15-7-5-11(9-13(15)21)17-19(25-3)20(26-4)18(27-17)12-6-8-16(24-2)14(22)10-12/h5-10H,1-4H3. The van der Waals surface area contributed by atoms with E-state index in [0.29, 0.717) is 23.0 Å². The van der Waals surface area contributed by atoms with Gasteiger partial charge in [-0.1, -0.05) is 0 Å². The Morgan fingerprint density at radius 1 is 0.630 bits per heavy atom. The first-order chi connectivity index (χ1) is 13.0. The van der Waals surface area contributed by atoms with E-state index in [2.05, 4.69) is 31.9 Å². The zero-order valence-corrected chi connectivity index (χ0v) is 18.4. The second-order valence-electron chi connectivity index (χ2n) is 5.53. The van der Waals surface area contributed by atoms with Crippen LogP contribution in [0.1, 0.15) is 0 Å². The fourth-order valence-electron chi connectivity index (χ4n) is 2.77. The molecule has 0 aliphatic carbocycles. The monoisotopic (exact) mass is 496 g/mol. The van der Waals surface area contributed by atoms with E-state index in [1.807, 2.05) is 36.4 Å². The highest BCUT2D eigenvalue weighted by Crippen LogP contribution is 2.49. The van der Waals surface area contributed by atoms with E-state index < -0.39 is 0 Å². The summed E-state index contributed by atoms with van der Waals surface area (Å²) in [5.74, 6) is 3.65. The molecule has 0 N–H and O–H groups in total. The Morgan fingerprint density at radius 2 is 1.04 bits per heavy atom. The van der Waals surface area contributed by atoms with Crippen molar-refractivity contribution < 1.29 is 23.4 Å². The largest absolute Gasteiger partial charge is 0.496 e. The SMILES string of the molecule is COc1ccc(-c2oc(-c3ccc(OC)c(Br)c3)c(OC)c2OC)cc1Br. The van der Waals surface area contributed by atoms with Gasteiger partial charge in [-0.05, 0) is 68.3 Å². The Labute approximate surface area is 174 Å². The number of methoxy groups -OCH3 is 4. The van der Waals surface area contributed by atoms with Gasteiger partial charge in [0.1, 0.15) is 11.5 Å². The Hall–Kier alpha value is -2.12. The number of benzene rings is 2. The first-order valence-electron chi connectivity index (χ1n) is 7.96. The summed E-state index contributed by atoms with van der Waals surface area (Å²) in [6, 6.07) is 11.3. The van der Waals surface area contributed by atoms with Gasteiger partial charge in [0, 0.05) is 11.1 Å². The third-order valence-electron chi connectivity index (χ3n) is 4.06. The first-order valence-corrected chi connectivity index (χ1v) is 9.55. The van der Waals surface area contributed by atoms with E-state index in [1.165, 1.54) is 0 Å². The highest BCUT2D eigenvalue weighted by Gasteiger charge is 2.25. The van der Waals surface area contributed by atoms with Crippen LogP contribution in [0.15, 0.2) is 49.8 Å². The summed E-state index contributed by atoms with van der Waals surface area (Å²) in [5.41, 5.74) is 1.66. The quantitative estimate of drug-likeness (QED) is 0.407. The lowest BCUT2D eigenvalue weighted by Crippen LogP contribution is -1.90. The predicted molar refractivity (Wildman–Crippen MR) is 111 cm³/mol. The third-order valence-corrected chi connectivity index (χ3v) is 5.30. The number of ether oxygens (including phenoxy) is 4. The maximum atomic E-state index is 6.18. The summed E-state index contributed by atoms with van der Waals surface area (Å²) in [6.45, 7) is 0. The molecule has 3 aromatic rings. The molecule has 2 aromatic carbocycles. The van der Waals surface area contributed by atoms with Crippen molar-refractivity contribution in [2.24, 2.45) is 0 Å². The van der Waals surface area contributed by atoms with Crippen LogP contribution >= 0.6 is 31.9 Å². The van der Waals surface area contributed by atoms with Crippen LogP contribution in [-0.2, 0) is 0 Å². The lowest BCUT2D eigenvalue weighted by molar-refractivity contribution is 0.360. The van der Waals surface area contributed by atoms with Crippen LogP contribution in [0, 0.1) is 0 Å². The summed E-state index contributed by atoms with van der Waals surface area (Å²) in [5, 5.41) is 0. The Kier molecular flexibility index (Phi) is 6.01. The van der Waals surface area contributed by atoms with Gasteiger partial charge in [-0.3, -0.25) is 0 Å². The molecule has 0 bridgehead atoms. The zero-order valence-electron chi connectivity index (χ0n) is 15.3. The van der Waals surface area contributed by atoms with Gasteiger partial charge in [-0.25, -0.2) is 0 Å². The summed E-state index contributed by atoms with van der Waals surface area (Å²) < 4.78 is 29.6. The molecule has 0 spiro atoms. The average Bonchev–Trinajstić information content (AvgIpc) is 3.06. The third kappa shape index (κ3) is 3.66. The van der Waals surface area contributed by atoms with E-state index in [0.717, 1.165) is 31.6 Å². The molecule has 27 heavy (non-hydrogen) atoms. The highest BCUT2D eigenvalue weighted by molar-refractivity contribution is 9.10. The summed E-state index contributed by atoms with van der Waals surface area (Å²) in [6.07, 6.45) is 0. The minimum Gasteiger partial charge on any atom is -0.496 e. The van der Waals surface area contributed by atoms with Crippen molar-refractivity contribution in [3.05, 3.63) is 45.3 Å². The number of hydrogen-bond donors (Lipinski definition) is 0. The molecule has 1 aromatic heterocycles. The Morgan fingerprint density at radius 3 is 1.33 bits per heavy atom. The summed E-state index contributed by atoms with van der Waals surface area (Å²) >= 11 is 7.01. The van der Waals surface area contributed by atoms with Crippen molar-refractivity contribution in [3.8, 4) is 45.6 Å². The molecule has 5 nitrogen and oxygen atoms in total. The second kappa shape index (κ2) is 8.27. The van der Waals surface area contributed by atoms with Crippen LogP contribution in [0.2, 0.25) is 0 Å². The first kappa shape index (κ1) is 19.6. The molecule has 7 heteroatoms. The van der Waals surface area contributed by atoms with Crippen LogP contribution in [0.5, 0.6) is 23.0 Å². The normalized spacial score (nSPS) is 10.6. The fourth-order valence-corrected chi connectivity index (χ4v) is 3.85. The van der Waals surface area contributed by atoms with Gasteiger partial charge in [0.05, 0.1) is 37.4 Å².